The molecule has 2 heterocycles. The molecule has 100 valence electrons. The molecule has 0 amide bonds. The highest BCUT2D eigenvalue weighted by Gasteiger charge is 2.15. The number of rotatable bonds is 5. The van der Waals surface area contributed by atoms with Gasteiger partial charge in [-0.15, -0.1) is 0 Å². The lowest BCUT2D eigenvalue weighted by Gasteiger charge is -2.22. The Balaban J connectivity index is 1.94. The first kappa shape index (κ1) is 13.5. The fourth-order valence-corrected chi connectivity index (χ4v) is 2.53. The van der Waals surface area contributed by atoms with Crippen molar-refractivity contribution in [1.82, 2.24) is 14.9 Å². The molecule has 1 fully saturated rings. The standard InChI is InChI=1S/C12H20BrN5/c1-9(8-18-5-3-4-6-18)16-11-10(13)7-15-12(14-2)17-11/h7,9H,3-6,8H2,1-2H3,(H2,14,15,16,17). The molecule has 1 aliphatic rings. The third-order valence-corrected chi connectivity index (χ3v) is 3.66. The van der Waals surface area contributed by atoms with E-state index in [4.69, 9.17) is 0 Å². The molecular formula is C12H20BrN5. The molecule has 6 heteroatoms. The van der Waals surface area contributed by atoms with E-state index in [2.05, 4.69) is 48.4 Å². The quantitative estimate of drug-likeness (QED) is 0.872. The Kier molecular flexibility index (Phi) is 4.77. The summed E-state index contributed by atoms with van der Waals surface area (Å²) in [5.41, 5.74) is 0. The molecule has 0 aromatic carbocycles. The minimum absolute atomic E-state index is 0.374. The average molecular weight is 314 g/mol. The van der Waals surface area contributed by atoms with Crippen LogP contribution in [0.3, 0.4) is 0 Å². The third-order valence-electron chi connectivity index (χ3n) is 3.08. The maximum Gasteiger partial charge on any atom is 0.224 e. The molecule has 18 heavy (non-hydrogen) atoms. The first-order valence-electron chi connectivity index (χ1n) is 6.38. The minimum atomic E-state index is 0.374. The Labute approximate surface area is 117 Å². The molecule has 2 N–H and O–H groups in total. The van der Waals surface area contributed by atoms with Crippen molar-refractivity contribution in [2.45, 2.75) is 25.8 Å². The molecule has 0 aliphatic carbocycles. The van der Waals surface area contributed by atoms with Crippen molar-refractivity contribution in [2.75, 3.05) is 37.3 Å². The number of hydrogen-bond acceptors (Lipinski definition) is 5. The minimum Gasteiger partial charge on any atom is -0.365 e. The van der Waals surface area contributed by atoms with Crippen molar-refractivity contribution < 1.29 is 0 Å². The summed E-state index contributed by atoms with van der Waals surface area (Å²) < 4.78 is 0.898. The van der Waals surface area contributed by atoms with Crippen LogP contribution in [0.25, 0.3) is 0 Å². The Morgan fingerprint density at radius 2 is 2.17 bits per heavy atom. The van der Waals surface area contributed by atoms with Crippen molar-refractivity contribution in [3.05, 3.63) is 10.7 Å². The van der Waals surface area contributed by atoms with Gasteiger partial charge in [0.1, 0.15) is 5.82 Å². The Morgan fingerprint density at radius 1 is 1.44 bits per heavy atom. The third kappa shape index (κ3) is 3.55. The van der Waals surface area contributed by atoms with Crippen LogP contribution in [0.4, 0.5) is 11.8 Å². The van der Waals surface area contributed by atoms with Gasteiger partial charge >= 0.3 is 0 Å². The van der Waals surface area contributed by atoms with Gasteiger partial charge in [-0.25, -0.2) is 4.98 Å². The van der Waals surface area contributed by atoms with Crippen LogP contribution < -0.4 is 10.6 Å². The summed E-state index contributed by atoms with van der Waals surface area (Å²) >= 11 is 3.47. The van der Waals surface area contributed by atoms with E-state index in [0.29, 0.717) is 12.0 Å². The zero-order valence-electron chi connectivity index (χ0n) is 10.9. The fraction of sp³-hybridized carbons (Fsp3) is 0.667. The molecule has 1 aliphatic heterocycles. The van der Waals surface area contributed by atoms with Gasteiger partial charge in [-0.1, -0.05) is 0 Å². The molecular weight excluding hydrogens is 294 g/mol. The van der Waals surface area contributed by atoms with Crippen LogP contribution in [0.5, 0.6) is 0 Å². The predicted molar refractivity (Wildman–Crippen MR) is 78.0 cm³/mol. The number of aromatic nitrogens is 2. The van der Waals surface area contributed by atoms with E-state index in [-0.39, 0.29) is 0 Å². The van der Waals surface area contributed by atoms with Crippen LogP contribution in [0.2, 0.25) is 0 Å². The molecule has 1 aromatic heterocycles. The zero-order valence-corrected chi connectivity index (χ0v) is 12.5. The highest BCUT2D eigenvalue weighted by molar-refractivity contribution is 9.10. The summed E-state index contributed by atoms with van der Waals surface area (Å²) in [5.74, 6) is 1.48. The monoisotopic (exact) mass is 313 g/mol. The van der Waals surface area contributed by atoms with E-state index in [1.54, 1.807) is 6.20 Å². The van der Waals surface area contributed by atoms with Crippen LogP contribution in [0.1, 0.15) is 19.8 Å². The largest absolute Gasteiger partial charge is 0.365 e. The molecule has 1 atom stereocenters. The van der Waals surface area contributed by atoms with Gasteiger partial charge < -0.3 is 15.5 Å². The maximum atomic E-state index is 4.41. The normalized spacial score (nSPS) is 17.7. The lowest BCUT2D eigenvalue weighted by atomic mass is 10.3. The molecule has 1 saturated heterocycles. The molecule has 2 rings (SSSR count). The second-order valence-corrected chi connectivity index (χ2v) is 5.55. The second kappa shape index (κ2) is 6.33. The van der Waals surface area contributed by atoms with Crippen LogP contribution in [0.15, 0.2) is 10.7 Å². The van der Waals surface area contributed by atoms with Gasteiger partial charge in [0.25, 0.3) is 0 Å². The van der Waals surface area contributed by atoms with Crippen LogP contribution in [-0.2, 0) is 0 Å². The number of anilines is 2. The molecule has 5 nitrogen and oxygen atoms in total. The Morgan fingerprint density at radius 3 is 2.83 bits per heavy atom. The van der Waals surface area contributed by atoms with Gasteiger partial charge in [-0.2, -0.15) is 4.98 Å². The number of halogens is 1. The van der Waals surface area contributed by atoms with E-state index in [0.717, 1.165) is 16.8 Å². The zero-order chi connectivity index (χ0) is 13.0. The van der Waals surface area contributed by atoms with Crippen molar-refractivity contribution in [3.63, 3.8) is 0 Å². The summed E-state index contributed by atoms with van der Waals surface area (Å²) in [6, 6.07) is 0.374. The van der Waals surface area contributed by atoms with Crippen molar-refractivity contribution in [2.24, 2.45) is 0 Å². The van der Waals surface area contributed by atoms with E-state index >= 15 is 0 Å². The number of nitrogens with one attached hydrogen (secondary N) is 2. The smallest absolute Gasteiger partial charge is 0.224 e. The molecule has 0 radical (unpaired) electrons. The van der Waals surface area contributed by atoms with Gasteiger partial charge in [0.15, 0.2) is 0 Å². The highest BCUT2D eigenvalue weighted by Crippen LogP contribution is 2.21. The second-order valence-electron chi connectivity index (χ2n) is 4.69. The number of nitrogens with zero attached hydrogens (tertiary/aromatic N) is 3. The van der Waals surface area contributed by atoms with Crippen LogP contribution in [-0.4, -0.2) is 47.6 Å². The maximum absolute atomic E-state index is 4.41. The molecule has 0 bridgehead atoms. The van der Waals surface area contributed by atoms with E-state index < -0.39 is 0 Å². The van der Waals surface area contributed by atoms with Gasteiger partial charge in [0.2, 0.25) is 5.95 Å². The lowest BCUT2D eigenvalue weighted by molar-refractivity contribution is 0.327. The highest BCUT2D eigenvalue weighted by atomic mass is 79.9. The topological polar surface area (TPSA) is 53.1 Å². The first-order chi connectivity index (χ1) is 8.69. The molecule has 1 unspecified atom stereocenters. The van der Waals surface area contributed by atoms with Gasteiger partial charge in [-0.05, 0) is 48.8 Å². The van der Waals surface area contributed by atoms with E-state index in [1.807, 2.05) is 7.05 Å². The van der Waals surface area contributed by atoms with Crippen LogP contribution in [0, 0.1) is 0 Å². The first-order valence-corrected chi connectivity index (χ1v) is 7.17. The van der Waals surface area contributed by atoms with Crippen LogP contribution >= 0.6 is 15.9 Å². The summed E-state index contributed by atoms with van der Waals surface area (Å²) in [7, 11) is 1.82. The van der Waals surface area contributed by atoms with Gasteiger partial charge in [-0.3, -0.25) is 0 Å². The predicted octanol–water partition coefficient (Wildman–Crippen LogP) is 2.18. The van der Waals surface area contributed by atoms with E-state index in [1.165, 1.54) is 25.9 Å². The van der Waals surface area contributed by atoms with Crippen molar-refractivity contribution >= 4 is 27.7 Å². The number of likely N-dealkylation sites (tertiary alicyclic amines) is 1. The summed E-state index contributed by atoms with van der Waals surface area (Å²) in [6.07, 6.45) is 4.42. The van der Waals surface area contributed by atoms with Gasteiger partial charge in [0.05, 0.1) is 4.47 Å². The summed E-state index contributed by atoms with van der Waals surface area (Å²) in [6.45, 7) is 5.69. The molecule has 0 saturated carbocycles. The van der Waals surface area contributed by atoms with Gasteiger partial charge in [0, 0.05) is 25.8 Å². The van der Waals surface area contributed by atoms with Crippen molar-refractivity contribution in [3.8, 4) is 0 Å². The van der Waals surface area contributed by atoms with Crippen molar-refractivity contribution in [1.29, 1.82) is 0 Å². The molecule has 1 aromatic rings. The average Bonchev–Trinajstić information content (AvgIpc) is 2.84. The Bertz CT molecular complexity index is 392. The van der Waals surface area contributed by atoms with E-state index in [9.17, 15) is 0 Å². The summed E-state index contributed by atoms with van der Waals surface area (Å²) in [4.78, 5) is 11.0. The fourth-order valence-electron chi connectivity index (χ4n) is 2.22. The lowest BCUT2D eigenvalue weighted by Crippen LogP contribution is -2.33. The number of hydrogen-bond donors (Lipinski definition) is 2. The SMILES string of the molecule is CNc1ncc(Br)c(NC(C)CN2CCCC2)n1. The summed E-state index contributed by atoms with van der Waals surface area (Å²) in [5, 5.41) is 6.38. The Hall–Kier alpha value is -0.880. The molecule has 0 spiro atoms.